The number of sulfone groups is 1. The van der Waals surface area contributed by atoms with E-state index in [4.69, 9.17) is 0 Å². The molecular weight excluding hydrogens is 425 g/mol. The Hall–Kier alpha value is -1.94. The molecule has 158 valence electrons. The van der Waals surface area contributed by atoms with E-state index in [0.717, 1.165) is 22.7 Å². The average Bonchev–Trinajstić information content (AvgIpc) is 3.33. The van der Waals surface area contributed by atoms with Crippen molar-refractivity contribution in [3.63, 3.8) is 0 Å². The molecule has 3 rings (SSSR count). The molecule has 0 spiro atoms. The summed E-state index contributed by atoms with van der Waals surface area (Å²) >= 11 is 1.29. The maximum Gasteiger partial charge on any atom is 0.416 e. The molecule has 10 heteroatoms. The van der Waals surface area contributed by atoms with Crippen molar-refractivity contribution in [3.8, 4) is 0 Å². The Morgan fingerprint density at radius 3 is 2.10 bits per heavy atom. The largest absolute Gasteiger partial charge is 0.416 e. The van der Waals surface area contributed by atoms with Crippen LogP contribution in [0.4, 0.5) is 18.3 Å². The van der Waals surface area contributed by atoms with Crippen LogP contribution >= 0.6 is 11.3 Å². The number of thiazole rings is 1. The smallest absolute Gasteiger partial charge is 0.301 e. The van der Waals surface area contributed by atoms with Crippen molar-refractivity contribution in [2.24, 2.45) is 0 Å². The minimum atomic E-state index is -4.57. The number of carbonyl (C=O) groups is 1. The highest BCUT2D eigenvalue weighted by Gasteiger charge is 2.61. The van der Waals surface area contributed by atoms with Crippen molar-refractivity contribution in [1.82, 2.24) is 4.98 Å². The summed E-state index contributed by atoms with van der Waals surface area (Å²) in [5.41, 5.74) is -0.360. The molecule has 0 unspecified atom stereocenters. The first-order valence-electron chi connectivity index (χ1n) is 8.90. The van der Waals surface area contributed by atoms with Gasteiger partial charge in [-0.2, -0.15) is 13.2 Å². The number of carbonyl (C=O) groups excluding carboxylic acids is 1. The molecule has 1 saturated carbocycles. The summed E-state index contributed by atoms with van der Waals surface area (Å²) in [4.78, 5) is 17.8. The minimum Gasteiger partial charge on any atom is -0.301 e. The molecule has 1 N–H and O–H groups in total. The predicted octanol–water partition coefficient (Wildman–Crippen LogP) is 4.71. The molecule has 0 aliphatic heterocycles. The average molecular weight is 447 g/mol. The van der Waals surface area contributed by atoms with Crippen LogP contribution in [0.5, 0.6) is 0 Å². The zero-order chi connectivity index (χ0) is 21.8. The van der Waals surface area contributed by atoms with Gasteiger partial charge in [-0.1, -0.05) is 20.8 Å². The lowest BCUT2D eigenvalue weighted by molar-refractivity contribution is -0.137. The van der Waals surface area contributed by atoms with Crippen LogP contribution in [0.1, 0.15) is 49.7 Å². The van der Waals surface area contributed by atoms with Crippen LogP contribution in [0.15, 0.2) is 29.2 Å². The van der Waals surface area contributed by atoms with Gasteiger partial charge in [-0.3, -0.25) is 4.79 Å². The Morgan fingerprint density at radius 1 is 1.14 bits per heavy atom. The lowest BCUT2D eigenvalue weighted by atomic mass is 9.94. The number of amides is 1. The summed E-state index contributed by atoms with van der Waals surface area (Å²) in [6, 6.07) is 3.22. The highest BCUT2D eigenvalue weighted by molar-refractivity contribution is 7.94. The van der Waals surface area contributed by atoms with Gasteiger partial charge in [-0.15, -0.1) is 11.3 Å². The summed E-state index contributed by atoms with van der Waals surface area (Å²) in [7, 11) is -4.14. The number of hydrogen-bond acceptors (Lipinski definition) is 5. The third-order valence-corrected chi connectivity index (χ3v) is 8.84. The Kier molecular flexibility index (Phi) is 5.10. The molecule has 5 nitrogen and oxygen atoms in total. The van der Waals surface area contributed by atoms with Gasteiger partial charge in [-0.05, 0) is 49.4 Å². The summed E-state index contributed by atoms with van der Waals surface area (Å²) in [5, 5.41) is 2.91. The first-order chi connectivity index (χ1) is 13.2. The van der Waals surface area contributed by atoms with Crippen LogP contribution in [0, 0.1) is 6.92 Å². The summed E-state index contributed by atoms with van der Waals surface area (Å²) in [6.07, 6.45) is -4.35. The van der Waals surface area contributed by atoms with Crippen molar-refractivity contribution < 1.29 is 26.4 Å². The lowest BCUT2D eigenvalue weighted by Gasteiger charge is -2.17. The first kappa shape index (κ1) is 21.8. The monoisotopic (exact) mass is 446 g/mol. The molecule has 29 heavy (non-hydrogen) atoms. The van der Waals surface area contributed by atoms with Gasteiger partial charge in [0.15, 0.2) is 19.7 Å². The van der Waals surface area contributed by atoms with E-state index < -0.39 is 32.2 Å². The minimum absolute atomic E-state index is 0.110. The van der Waals surface area contributed by atoms with Gasteiger partial charge < -0.3 is 5.32 Å². The fraction of sp³-hybridized carbons (Fsp3) is 0.474. The molecule has 1 aromatic carbocycles. The van der Waals surface area contributed by atoms with Crippen molar-refractivity contribution in [1.29, 1.82) is 0 Å². The highest BCUT2D eigenvalue weighted by Crippen LogP contribution is 2.48. The van der Waals surface area contributed by atoms with Crippen molar-refractivity contribution in [2.45, 2.75) is 61.8 Å². The topological polar surface area (TPSA) is 76.1 Å². The van der Waals surface area contributed by atoms with E-state index in [1.165, 1.54) is 11.3 Å². The molecule has 1 fully saturated rings. The Labute approximate surface area is 171 Å². The molecule has 1 amide bonds. The molecule has 1 aromatic heterocycles. The Morgan fingerprint density at radius 2 is 1.69 bits per heavy atom. The van der Waals surface area contributed by atoms with Crippen LogP contribution in [-0.4, -0.2) is 24.1 Å². The number of alkyl halides is 3. The van der Waals surface area contributed by atoms with E-state index in [0.29, 0.717) is 17.3 Å². The van der Waals surface area contributed by atoms with Crippen LogP contribution in [0.2, 0.25) is 0 Å². The van der Waals surface area contributed by atoms with Crippen molar-refractivity contribution in [3.05, 3.63) is 40.4 Å². The van der Waals surface area contributed by atoms with E-state index in [9.17, 15) is 26.4 Å². The maximum absolute atomic E-state index is 13.0. The number of aromatic nitrogens is 1. The zero-order valence-electron chi connectivity index (χ0n) is 16.3. The number of nitrogens with one attached hydrogen (secondary N) is 1. The van der Waals surface area contributed by atoms with E-state index >= 15 is 0 Å². The predicted molar refractivity (Wildman–Crippen MR) is 105 cm³/mol. The number of hydrogen-bond donors (Lipinski definition) is 1. The standard InChI is InChI=1S/C19H21F3N2O3S2/c1-11-14(17(2,3)4)28-16(23-11)24-15(25)18(9-10-18)29(26,27)13-7-5-12(6-8-13)19(20,21)22/h5-8H,9-10H2,1-4H3,(H,23,24,25). The zero-order valence-corrected chi connectivity index (χ0v) is 18.0. The number of nitrogens with zero attached hydrogens (tertiary/aromatic N) is 1. The lowest BCUT2D eigenvalue weighted by Crippen LogP contribution is -2.37. The fourth-order valence-electron chi connectivity index (χ4n) is 3.14. The highest BCUT2D eigenvalue weighted by atomic mass is 32.2. The third-order valence-electron chi connectivity index (χ3n) is 4.82. The number of benzene rings is 1. The Balaban J connectivity index is 1.86. The fourth-order valence-corrected chi connectivity index (χ4v) is 6.04. The maximum atomic E-state index is 13.0. The van der Waals surface area contributed by atoms with E-state index in [2.05, 4.69) is 10.3 Å². The second-order valence-electron chi connectivity index (χ2n) is 8.16. The first-order valence-corrected chi connectivity index (χ1v) is 11.2. The van der Waals surface area contributed by atoms with Gasteiger partial charge in [0.2, 0.25) is 5.91 Å². The van der Waals surface area contributed by atoms with Gasteiger partial charge >= 0.3 is 6.18 Å². The quantitative estimate of drug-likeness (QED) is 0.738. The van der Waals surface area contributed by atoms with Crippen LogP contribution in [0.3, 0.4) is 0 Å². The van der Waals surface area contributed by atoms with Gasteiger partial charge in [0.1, 0.15) is 0 Å². The molecule has 2 aromatic rings. The van der Waals surface area contributed by atoms with E-state index in [-0.39, 0.29) is 23.2 Å². The van der Waals surface area contributed by atoms with Gasteiger partial charge in [0, 0.05) is 4.88 Å². The summed E-state index contributed by atoms with van der Waals surface area (Å²) in [6.45, 7) is 7.85. The Bertz CT molecular complexity index is 1050. The van der Waals surface area contributed by atoms with Gasteiger partial charge in [0.05, 0.1) is 16.2 Å². The normalized spacial score (nSPS) is 16.5. The second kappa shape index (κ2) is 6.80. The molecule has 0 atom stereocenters. The number of rotatable bonds is 4. The van der Waals surface area contributed by atoms with Crippen LogP contribution in [0.25, 0.3) is 0 Å². The summed E-state index contributed by atoms with van der Waals surface area (Å²) < 4.78 is 62.5. The second-order valence-corrected chi connectivity index (χ2v) is 11.4. The molecular formula is C19H21F3N2O3S2. The SMILES string of the molecule is Cc1nc(NC(=O)C2(S(=O)(=O)c3ccc(C(F)(F)F)cc3)CC2)sc1C(C)(C)C. The molecule has 1 aliphatic carbocycles. The molecule has 1 aliphatic rings. The molecule has 0 bridgehead atoms. The number of anilines is 1. The summed E-state index contributed by atoms with van der Waals surface area (Å²) in [5.74, 6) is -0.702. The molecule has 1 heterocycles. The molecule has 0 radical (unpaired) electrons. The van der Waals surface area contributed by atoms with Gasteiger partial charge in [-0.25, -0.2) is 13.4 Å². The van der Waals surface area contributed by atoms with Crippen LogP contribution < -0.4 is 5.32 Å². The number of halogens is 3. The van der Waals surface area contributed by atoms with E-state index in [1.54, 1.807) is 0 Å². The van der Waals surface area contributed by atoms with Crippen molar-refractivity contribution in [2.75, 3.05) is 5.32 Å². The number of aryl methyl sites for hydroxylation is 1. The van der Waals surface area contributed by atoms with Crippen LogP contribution in [-0.2, 0) is 26.2 Å². The van der Waals surface area contributed by atoms with Gasteiger partial charge in [0.25, 0.3) is 0 Å². The third kappa shape index (κ3) is 3.92. The molecule has 0 saturated heterocycles. The van der Waals surface area contributed by atoms with E-state index in [1.807, 2.05) is 27.7 Å². The van der Waals surface area contributed by atoms with Crippen molar-refractivity contribution >= 4 is 32.2 Å².